The summed E-state index contributed by atoms with van der Waals surface area (Å²) in [6.07, 6.45) is 6.03. The lowest BCUT2D eigenvalue weighted by Gasteiger charge is -2.15. The molecule has 14 heavy (non-hydrogen) atoms. The molecule has 80 valence electrons. The van der Waals surface area contributed by atoms with Crippen LogP contribution in [0, 0.1) is 18.3 Å². The molecule has 0 heterocycles. The highest BCUT2D eigenvalue weighted by Gasteiger charge is 2.14. The van der Waals surface area contributed by atoms with Gasteiger partial charge in [-0.05, 0) is 13.0 Å². The van der Waals surface area contributed by atoms with Crippen molar-refractivity contribution in [3.63, 3.8) is 0 Å². The van der Waals surface area contributed by atoms with E-state index < -0.39 is 0 Å². The molecule has 2 atom stereocenters. The zero-order valence-corrected chi connectivity index (χ0v) is 9.26. The summed E-state index contributed by atoms with van der Waals surface area (Å²) in [5.74, 6) is 2.53. The molecule has 0 radical (unpaired) electrons. The molecular formula is C11H20N2O. The molecule has 0 bridgehead atoms. The van der Waals surface area contributed by atoms with Crippen molar-refractivity contribution in [2.45, 2.75) is 33.2 Å². The first-order valence-electron chi connectivity index (χ1n) is 5.12. The summed E-state index contributed by atoms with van der Waals surface area (Å²) < 4.78 is 0. The summed E-state index contributed by atoms with van der Waals surface area (Å²) in [7, 11) is 0. The maximum absolute atomic E-state index is 11.5. The molecule has 3 heteroatoms. The first kappa shape index (κ1) is 13.0. The van der Waals surface area contributed by atoms with E-state index >= 15 is 0 Å². The molecule has 2 unspecified atom stereocenters. The molecule has 1 amide bonds. The Morgan fingerprint density at radius 3 is 2.57 bits per heavy atom. The van der Waals surface area contributed by atoms with Crippen LogP contribution in [0.4, 0.5) is 0 Å². The van der Waals surface area contributed by atoms with Gasteiger partial charge in [0.05, 0.1) is 6.04 Å². The smallest absolute Gasteiger partial charge is 0.225 e. The topological polar surface area (TPSA) is 41.1 Å². The minimum absolute atomic E-state index is 0.0238. The number of terminal acetylenes is 1. The average molecular weight is 196 g/mol. The highest BCUT2D eigenvalue weighted by molar-refractivity contribution is 5.79. The van der Waals surface area contributed by atoms with E-state index in [1.807, 2.05) is 20.8 Å². The van der Waals surface area contributed by atoms with Gasteiger partial charge in [-0.15, -0.1) is 6.42 Å². The van der Waals surface area contributed by atoms with Gasteiger partial charge in [0.2, 0.25) is 5.91 Å². The number of hydrogen-bond donors (Lipinski definition) is 2. The Morgan fingerprint density at radius 2 is 2.14 bits per heavy atom. The van der Waals surface area contributed by atoms with Crippen molar-refractivity contribution in [1.29, 1.82) is 0 Å². The van der Waals surface area contributed by atoms with Crippen LogP contribution < -0.4 is 10.6 Å². The highest BCUT2D eigenvalue weighted by atomic mass is 16.1. The van der Waals surface area contributed by atoms with Crippen LogP contribution in [0.5, 0.6) is 0 Å². The highest BCUT2D eigenvalue weighted by Crippen LogP contribution is 1.95. The molecule has 0 rings (SSSR count). The maximum atomic E-state index is 11.5. The number of carbonyl (C=O) groups is 1. The molecule has 0 aliphatic heterocycles. The van der Waals surface area contributed by atoms with Gasteiger partial charge in [-0.1, -0.05) is 26.7 Å². The lowest BCUT2D eigenvalue weighted by atomic mass is 10.1. The predicted octanol–water partition coefficient (Wildman–Crippen LogP) is 0.760. The lowest BCUT2D eigenvalue weighted by Crippen LogP contribution is -2.40. The third-order valence-electron chi connectivity index (χ3n) is 2.07. The van der Waals surface area contributed by atoms with Crippen molar-refractivity contribution in [1.82, 2.24) is 10.6 Å². The monoisotopic (exact) mass is 196 g/mol. The zero-order chi connectivity index (χ0) is 11.0. The maximum Gasteiger partial charge on any atom is 0.225 e. The van der Waals surface area contributed by atoms with E-state index in [0.29, 0.717) is 6.54 Å². The van der Waals surface area contributed by atoms with Gasteiger partial charge in [0.15, 0.2) is 0 Å². The van der Waals surface area contributed by atoms with Crippen molar-refractivity contribution in [3.05, 3.63) is 0 Å². The van der Waals surface area contributed by atoms with Gasteiger partial charge in [0.25, 0.3) is 0 Å². The molecule has 0 aliphatic rings. The van der Waals surface area contributed by atoms with Crippen LogP contribution in [-0.4, -0.2) is 25.0 Å². The van der Waals surface area contributed by atoms with E-state index in [9.17, 15) is 4.79 Å². The van der Waals surface area contributed by atoms with Gasteiger partial charge in [-0.25, -0.2) is 0 Å². The van der Waals surface area contributed by atoms with E-state index in [1.165, 1.54) is 0 Å². The van der Waals surface area contributed by atoms with Crippen LogP contribution in [0.1, 0.15) is 27.2 Å². The zero-order valence-electron chi connectivity index (χ0n) is 9.26. The first-order valence-corrected chi connectivity index (χ1v) is 5.12. The van der Waals surface area contributed by atoms with Gasteiger partial charge in [-0.2, -0.15) is 0 Å². The van der Waals surface area contributed by atoms with E-state index in [-0.39, 0.29) is 17.9 Å². The molecule has 0 aromatic heterocycles. The predicted molar refractivity (Wildman–Crippen MR) is 58.8 cm³/mol. The number of hydrogen-bond acceptors (Lipinski definition) is 2. The van der Waals surface area contributed by atoms with Crippen LogP contribution in [-0.2, 0) is 4.79 Å². The summed E-state index contributed by atoms with van der Waals surface area (Å²) in [6, 6.07) is -0.133. The third kappa shape index (κ3) is 4.88. The average Bonchev–Trinajstić information content (AvgIpc) is 2.21. The fraction of sp³-hybridized carbons (Fsp3) is 0.727. The second kappa shape index (κ2) is 7.40. The van der Waals surface area contributed by atoms with Crippen molar-refractivity contribution in [3.8, 4) is 12.3 Å². The van der Waals surface area contributed by atoms with E-state index in [4.69, 9.17) is 6.42 Å². The molecule has 3 nitrogen and oxygen atoms in total. The largest absolute Gasteiger partial charge is 0.342 e. The van der Waals surface area contributed by atoms with Gasteiger partial charge >= 0.3 is 0 Å². The summed E-state index contributed by atoms with van der Waals surface area (Å²) in [6.45, 7) is 7.44. The van der Waals surface area contributed by atoms with Crippen LogP contribution in [0.3, 0.4) is 0 Å². The minimum atomic E-state index is -0.133. The fourth-order valence-corrected chi connectivity index (χ4v) is 1.03. The number of carbonyl (C=O) groups excluding carboxylic acids is 1. The van der Waals surface area contributed by atoms with Gasteiger partial charge in [-0.3, -0.25) is 4.79 Å². The van der Waals surface area contributed by atoms with Crippen LogP contribution >= 0.6 is 0 Å². The van der Waals surface area contributed by atoms with Crippen molar-refractivity contribution in [2.75, 3.05) is 13.1 Å². The molecule has 0 aromatic carbocycles. The quantitative estimate of drug-likeness (QED) is 0.616. The van der Waals surface area contributed by atoms with E-state index in [1.54, 1.807) is 0 Å². The van der Waals surface area contributed by atoms with Crippen LogP contribution in [0.2, 0.25) is 0 Å². The molecule has 0 aliphatic carbocycles. The minimum Gasteiger partial charge on any atom is -0.342 e. The molecule has 0 aromatic rings. The van der Waals surface area contributed by atoms with E-state index in [2.05, 4.69) is 16.6 Å². The Balaban J connectivity index is 3.88. The van der Waals surface area contributed by atoms with Crippen molar-refractivity contribution in [2.24, 2.45) is 5.92 Å². The third-order valence-corrected chi connectivity index (χ3v) is 2.07. The van der Waals surface area contributed by atoms with Crippen molar-refractivity contribution < 1.29 is 4.79 Å². The Hall–Kier alpha value is -1.01. The van der Waals surface area contributed by atoms with Crippen LogP contribution in [0.25, 0.3) is 0 Å². The second-order valence-electron chi connectivity index (χ2n) is 3.34. The molecule has 0 spiro atoms. The number of amides is 1. The van der Waals surface area contributed by atoms with Gasteiger partial charge in [0, 0.05) is 12.5 Å². The summed E-state index contributed by atoms with van der Waals surface area (Å²) in [5.41, 5.74) is 0. The summed E-state index contributed by atoms with van der Waals surface area (Å²) in [5, 5.41) is 5.94. The standard InChI is InChI=1S/C11H20N2O/c1-5-10(6-2)13-11(14)9(4)8-12-7-3/h1,9-10,12H,6-8H2,2-4H3,(H,13,14). The SMILES string of the molecule is C#CC(CC)NC(=O)C(C)CNCC. The number of rotatable bonds is 6. The Morgan fingerprint density at radius 1 is 1.50 bits per heavy atom. The molecule has 0 fully saturated rings. The van der Waals surface area contributed by atoms with Crippen molar-refractivity contribution >= 4 is 5.91 Å². The second-order valence-corrected chi connectivity index (χ2v) is 3.34. The number of nitrogens with one attached hydrogen (secondary N) is 2. The first-order chi connectivity index (χ1) is 6.65. The fourth-order valence-electron chi connectivity index (χ4n) is 1.03. The van der Waals surface area contributed by atoms with Gasteiger partial charge < -0.3 is 10.6 Å². The van der Waals surface area contributed by atoms with Gasteiger partial charge in [0.1, 0.15) is 0 Å². The van der Waals surface area contributed by atoms with E-state index in [0.717, 1.165) is 13.0 Å². The lowest BCUT2D eigenvalue weighted by molar-refractivity contribution is -0.124. The Labute approximate surface area is 86.6 Å². The molecule has 0 saturated heterocycles. The van der Waals surface area contributed by atoms with Crippen LogP contribution in [0.15, 0.2) is 0 Å². The Bertz CT molecular complexity index is 208. The summed E-state index contributed by atoms with van der Waals surface area (Å²) >= 11 is 0. The molecule has 2 N–H and O–H groups in total. The molecular weight excluding hydrogens is 176 g/mol. The Kier molecular flexibility index (Phi) is 6.87. The normalized spacial score (nSPS) is 14.1. The molecule has 0 saturated carbocycles. The summed E-state index contributed by atoms with van der Waals surface area (Å²) in [4.78, 5) is 11.5.